The van der Waals surface area contributed by atoms with Crippen LogP contribution in [0.4, 0.5) is 5.82 Å². The summed E-state index contributed by atoms with van der Waals surface area (Å²) in [6.07, 6.45) is 1.02. The minimum absolute atomic E-state index is 0.0812. The topological polar surface area (TPSA) is 93.4 Å². The highest BCUT2D eigenvalue weighted by molar-refractivity contribution is 5.89. The smallest absolute Gasteiger partial charge is 0.286 e. The molecule has 7 nitrogen and oxygen atoms in total. The molecule has 1 aliphatic rings. The van der Waals surface area contributed by atoms with Gasteiger partial charge in [0.05, 0.1) is 7.11 Å². The first-order valence-corrected chi connectivity index (χ1v) is 8.74. The molecule has 1 fully saturated rings. The van der Waals surface area contributed by atoms with Crippen LogP contribution in [0.25, 0.3) is 0 Å². The lowest BCUT2D eigenvalue weighted by Gasteiger charge is -2.21. The Morgan fingerprint density at radius 3 is 2.69 bits per heavy atom. The van der Waals surface area contributed by atoms with Crippen LogP contribution >= 0.6 is 0 Å². The third kappa shape index (κ3) is 3.94. The van der Waals surface area contributed by atoms with Gasteiger partial charge in [0.15, 0.2) is 0 Å². The molecule has 1 aromatic carbocycles. The molecule has 0 aliphatic carbocycles. The van der Waals surface area contributed by atoms with E-state index in [1.165, 1.54) is 5.56 Å². The van der Waals surface area contributed by atoms with E-state index in [1.807, 2.05) is 26.0 Å². The van der Waals surface area contributed by atoms with Crippen molar-refractivity contribution < 1.29 is 9.53 Å². The highest BCUT2D eigenvalue weighted by Gasteiger charge is 2.26. The van der Waals surface area contributed by atoms with Crippen molar-refractivity contribution in [3.63, 3.8) is 0 Å². The fourth-order valence-electron chi connectivity index (χ4n) is 3.16. The van der Waals surface area contributed by atoms with Gasteiger partial charge in [0.25, 0.3) is 5.91 Å². The summed E-state index contributed by atoms with van der Waals surface area (Å²) in [4.78, 5) is 22.2. The first kappa shape index (κ1) is 18.1. The lowest BCUT2D eigenvalue weighted by atomic mass is 10.2. The summed E-state index contributed by atoms with van der Waals surface area (Å²) in [5.74, 6) is 1.15. The van der Waals surface area contributed by atoms with Crippen LogP contribution in [0.2, 0.25) is 0 Å². The molecule has 2 heterocycles. The minimum atomic E-state index is -0.595. The molecule has 0 spiro atoms. The van der Waals surface area contributed by atoms with E-state index >= 15 is 0 Å². The average molecular weight is 355 g/mol. The summed E-state index contributed by atoms with van der Waals surface area (Å²) in [5.41, 5.74) is 8.36. The molecule has 138 valence electrons. The first-order chi connectivity index (χ1) is 12.5. The molecule has 1 amide bonds. The van der Waals surface area contributed by atoms with Gasteiger partial charge in [-0.15, -0.1) is 0 Å². The van der Waals surface area contributed by atoms with Crippen LogP contribution in [0.1, 0.15) is 33.9 Å². The van der Waals surface area contributed by atoms with E-state index in [-0.39, 0.29) is 5.82 Å². The summed E-state index contributed by atoms with van der Waals surface area (Å²) >= 11 is 0. The zero-order chi connectivity index (χ0) is 18.7. The van der Waals surface area contributed by atoms with Crippen molar-refractivity contribution in [2.75, 3.05) is 25.1 Å². The van der Waals surface area contributed by atoms with Gasteiger partial charge in [0.2, 0.25) is 5.82 Å². The number of benzene rings is 1. The van der Waals surface area contributed by atoms with Gasteiger partial charge in [-0.25, -0.2) is 9.97 Å². The normalized spacial score (nSPS) is 16.7. The fourth-order valence-corrected chi connectivity index (χ4v) is 3.16. The molecule has 3 N–H and O–H groups in total. The highest BCUT2D eigenvalue weighted by atomic mass is 16.5. The van der Waals surface area contributed by atoms with Crippen molar-refractivity contribution >= 4 is 11.7 Å². The number of amides is 1. The van der Waals surface area contributed by atoms with E-state index in [0.29, 0.717) is 6.04 Å². The molecular formula is C19H25N5O2. The van der Waals surface area contributed by atoms with E-state index in [1.54, 1.807) is 7.11 Å². The van der Waals surface area contributed by atoms with E-state index in [2.05, 4.69) is 32.3 Å². The Kier molecular flexibility index (Phi) is 5.37. The molecule has 26 heavy (non-hydrogen) atoms. The van der Waals surface area contributed by atoms with Gasteiger partial charge in [-0.1, -0.05) is 12.1 Å². The van der Waals surface area contributed by atoms with Crippen LogP contribution in [0.5, 0.6) is 5.75 Å². The Morgan fingerprint density at radius 2 is 2.04 bits per heavy atom. The lowest BCUT2D eigenvalue weighted by molar-refractivity contribution is 0.0990. The summed E-state index contributed by atoms with van der Waals surface area (Å²) < 4.78 is 5.19. The third-order valence-corrected chi connectivity index (χ3v) is 4.83. The summed E-state index contributed by atoms with van der Waals surface area (Å²) in [7, 11) is 1.67. The van der Waals surface area contributed by atoms with Crippen LogP contribution in [0.3, 0.4) is 0 Å². The number of rotatable bonds is 6. The SMILES string of the molecule is COc1ccc(CN[C@@H]2CCN(c3nc(C(N)=O)nc(C)c3C)C2)cc1. The Morgan fingerprint density at radius 1 is 1.31 bits per heavy atom. The molecule has 0 radical (unpaired) electrons. The van der Waals surface area contributed by atoms with Crippen LogP contribution in [0, 0.1) is 13.8 Å². The fraction of sp³-hybridized carbons (Fsp3) is 0.421. The number of primary amides is 1. The molecule has 0 bridgehead atoms. The van der Waals surface area contributed by atoms with Crippen molar-refractivity contribution in [2.24, 2.45) is 5.73 Å². The Bertz CT molecular complexity index is 791. The first-order valence-electron chi connectivity index (χ1n) is 8.74. The molecule has 2 aromatic rings. The predicted molar refractivity (Wildman–Crippen MR) is 100 cm³/mol. The van der Waals surface area contributed by atoms with Crippen LogP contribution < -0.4 is 20.7 Å². The largest absolute Gasteiger partial charge is 0.497 e. The van der Waals surface area contributed by atoms with E-state index in [0.717, 1.165) is 48.9 Å². The predicted octanol–water partition coefficient (Wildman–Crippen LogP) is 1.57. The Balaban J connectivity index is 1.64. The lowest BCUT2D eigenvalue weighted by Crippen LogP contribution is -2.33. The maximum Gasteiger partial charge on any atom is 0.286 e. The van der Waals surface area contributed by atoms with E-state index in [9.17, 15) is 4.79 Å². The number of methoxy groups -OCH3 is 1. The van der Waals surface area contributed by atoms with Gasteiger partial charge >= 0.3 is 0 Å². The van der Waals surface area contributed by atoms with Gasteiger partial charge < -0.3 is 20.7 Å². The second kappa shape index (κ2) is 7.70. The monoisotopic (exact) mass is 355 g/mol. The molecular weight excluding hydrogens is 330 g/mol. The van der Waals surface area contributed by atoms with E-state index in [4.69, 9.17) is 10.5 Å². The number of nitrogens with zero attached hydrogens (tertiary/aromatic N) is 3. The van der Waals surface area contributed by atoms with Gasteiger partial charge in [-0.05, 0) is 38.0 Å². The Labute approximate surface area is 153 Å². The molecule has 1 aromatic heterocycles. The number of nitrogens with one attached hydrogen (secondary N) is 1. The number of hydrogen-bond donors (Lipinski definition) is 2. The molecule has 1 saturated heterocycles. The van der Waals surface area contributed by atoms with Crippen molar-refractivity contribution in [1.29, 1.82) is 0 Å². The second-order valence-corrected chi connectivity index (χ2v) is 6.61. The van der Waals surface area contributed by atoms with Gasteiger partial charge in [0, 0.05) is 36.9 Å². The molecule has 7 heteroatoms. The van der Waals surface area contributed by atoms with Crippen LogP contribution in [-0.2, 0) is 6.54 Å². The van der Waals surface area contributed by atoms with Gasteiger partial charge in [-0.2, -0.15) is 0 Å². The van der Waals surface area contributed by atoms with Gasteiger partial charge in [0.1, 0.15) is 11.6 Å². The molecule has 1 atom stereocenters. The molecule has 3 rings (SSSR count). The molecule has 0 unspecified atom stereocenters. The molecule has 0 saturated carbocycles. The van der Waals surface area contributed by atoms with Crippen LogP contribution in [0.15, 0.2) is 24.3 Å². The maximum absolute atomic E-state index is 11.5. The maximum atomic E-state index is 11.5. The average Bonchev–Trinajstić information content (AvgIpc) is 3.11. The zero-order valence-corrected chi connectivity index (χ0v) is 15.5. The highest BCUT2D eigenvalue weighted by Crippen LogP contribution is 2.24. The number of aromatic nitrogens is 2. The second-order valence-electron chi connectivity index (χ2n) is 6.61. The number of carbonyl (C=O) groups excluding carboxylic acids is 1. The summed E-state index contributed by atoms with van der Waals surface area (Å²) in [6.45, 7) is 6.38. The minimum Gasteiger partial charge on any atom is -0.497 e. The number of carbonyl (C=O) groups is 1. The molecule has 1 aliphatic heterocycles. The Hall–Kier alpha value is -2.67. The summed E-state index contributed by atoms with van der Waals surface area (Å²) in [5, 5.41) is 3.59. The standard InChI is InChI=1S/C19H25N5O2/c1-12-13(2)22-18(17(20)25)23-19(12)24-9-8-15(11-24)21-10-14-4-6-16(26-3)7-5-14/h4-7,15,21H,8-11H2,1-3H3,(H2,20,25)/t15-/m1/s1. The van der Waals surface area contributed by atoms with Crippen LogP contribution in [-0.4, -0.2) is 42.1 Å². The number of anilines is 1. The number of nitrogens with two attached hydrogens (primary N) is 1. The summed E-state index contributed by atoms with van der Waals surface area (Å²) in [6, 6.07) is 8.43. The number of hydrogen-bond acceptors (Lipinski definition) is 6. The van der Waals surface area contributed by atoms with E-state index < -0.39 is 5.91 Å². The zero-order valence-electron chi connectivity index (χ0n) is 15.5. The third-order valence-electron chi connectivity index (χ3n) is 4.83. The number of aryl methyl sites for hydroxylation is 1. The quantitative estimate of drug-likeness (QED) is 0.817. The van der Waals surface area contributed by atoms with Crippen molar-refractivity contribution in [1.82, 2.24) is 15.3 Å². The van der Waals surface area contributed by atoms with Crippen molar-refractivity contribution in [3.05, 3.63) is 46.9 Å². The van der Waals surface area contributed by atoms with Crippen molar-refractivity contribution in [3.8, 4) is 5.75 Å². The number of ether oxygens (including phenoxy) is 1. The van der Waals surface area contributed by atoms with Crippen molar-refractivity contribution in [2.45, 2.75) is 32.9 Å². The van der Waals surface area contributed by atoms with Gasteiger partial charge in [-0.3, -0.25) is 4.79 Å².